The van der Waals surface area contributed by atoms with Gasteiger partial charge in [0.05, 0.1) is 39.6 Å². The molecule has 6 nitrogen and oxygen atoms in total. The maximum atomic E-state index is 10.8. The Morgan fingerprint density at radius 3 is 0.600 bits per heavy atom. The van der Waals surface area contributed by atoms with Gasteiger partial charge in [-0.2, -0.15) is 0 Å². The number of unbranched alkanes of at least 4 members (excludes halogenated alkanes) is 27. The van der Waals surface area contributed by atoms with Gasteiger partial charge in [-0.25, -0.2) is 0 Å². The van der Waals surface area contributed by atoms with E-state index in [1.54, 1.807) is 0 Å². The van der Waals surface area contributed by atoms with Crippen molar-refractivity contribution in [2.24, 2.45) is 16.2 Å². The molecule has 0 aliphatic carbocycles. The summed E-state index contributed by atoms with van der Waals surface area (Å²) in [6.07, 6.45) is 41.0. The summed E-state index contributed by atoms with van der Waals surface area (Å²) in [7, 11) is 0. The normalized spacial score (nSPS) is 12.6. The van der Waals surface area contributed by atoms with Crippen molar-refractivity contribution in [2.45, 2.75) is 252 Å². The van der Waals surface area contributed by atoms with Crippen LogP contribution in [0.25, 0.3) is 0 Å². The molecule has 0 heterocycles. The maximum absolute atomic E-state index is 10.8. The quantitative estimate of drug-likeness (QED) is 0.0364. The lowest BCUT2D eigenvalue weighted by molar-refractivity contribution is 0.0426. The van der Waals surface area contributed by atoms with Crippen molar-refractivity contribution < 1.29 is 30.6 Å². The van der Waals surface area contributed by atoms with Crippen LogP contribution in [-0.4, -0.2) is 70.3 Å². The van der Waals surface area contributed by atoms with Crippen molar-refractivity contribution in [3.63, 3.8) is 0 Å². The second-order valence-corrected chi connectivity index (χ2v) is 19.9. The third-order valence-electron chi connectivity index (χ3n) is 14.0. The standard InChI is InChI=1S/C54H102O6/c1-4-7-10-13-16-19-22-25-28-31-34-52(43-55,44-56)40-49-37-50(41-53(45-57,46-58)35-32-29-26-23-20-17-14-11-8-5-2)39-51(38-49)42-54(47-59,48-60)36-33-30-27-24-21-18-15-12-9-6-3/h37-39,55-60H,4-36,40-48H2,1-3H3. The third kappa shape index (κ3) is 25.9. The topological polar surface area (TPSA) is 121 Å². The molecule has 6 N–H and O–H groups in total. The molecule has 0 saturated heterocycles. The van der Waals surface area contributed by atoms with E-state index < -0.39 is 16.2 Å². The minimum atomic E-state index is -0.641. The summed E-state index contributed by atoms with van der Waals surface area (Å²) in [5.74, 6) is 0. The molecule has 0 bridgehead atoms. The fourth-order valence-electron chi connectivity index (χ4n) is 9.63. The fraction of sp³-hybridized carbons (Fsp3) is 0.889. The number of benzene rings is 1. The number of rotatable bonds is 45. The van der Waals surface area contributed by atoms with Crippen LogP contribution in [-0.2, 0) is 19.3 Å². The van der Waals surface area contributed by atoms with Crippen LogP contribution in [0, 0.1) is 16.2 Å². The van der Waals surface area contributed by atoms with E-state index in [9.17, 15) is 30.6 Å². The highest BCUT2D eigenvalue weighted by Gasteiger charge is 2.33. The van der Waals surface area contributed by atoms with Crippen LogP contribution in [0.1, 0.15) is 249 Å². The molecular weight excluding hydrogens is 745 g/mol. The Kier molecular flexibility index (Phi) is 35.5. The lowest BCUT2D eigenvalue weighted by Crippen LogP contribution is -2.34. The van der Waals surface area contributed by atoms with Crippen LogP contribution in [0.3, 0.4) is 0 Å². The Morgan fingerprint density at radius 1 is 0.267 bits per heavy atom. The minimum Gasteiger partial charge on any atom is -0.396 e. The monoisotopic (exact) mass is 847 g/mol. The van der Waals surface area contributed by atoms with E-state index in [0.29, 0.717) is 19.3 Å². The zero-order valence-electron chi connectivity index (χ0n) is 40.1. The first-order valence-electron chi connectivity index (χ1n) is 26.1. The van der Waals surface area contributed by atoms with Gasteiger partial charge in [0.2, 0.25) is 0 Å². The second kappa shape index (κ2) is 37.4. The first kappa shape index (κ1) is 57.0. The highest BCUT2D eigenvalue weighted by molar-refractivity contribution is 5.33. The van der Waals surface area contributed by atoms with E-state index >= 15 is 0 Å². The first-order valence-corrected chi connectivity index (χ1v) is 26.1. The van der Waals surface area contributed by atoms with Crippen LogP contribution in [0.2, 0.25) is 0 Å². The van der Waals surface area contributed by atoms with Crippen LogP contribution >= 0.6 is 0 Å². The molecule has 1 aromatic rings. The van der Waals surface area contributed by atoms with Crippen molar-refractivity contribution in [2.75, 3.05) is 39.6 Å². The van der Waals surface area contributed by atoms with Crippen molar-refractivity contribution in [3.05, 3.63) is 34.9 Å². The largest absolute Gasteiger partial charge is 0.396 e. The van der Waals surface area contributed by atoms with Gasteiger partial charge in [-0.1, -0.05) is 232 Å². The molecule has 0 aliphatic rings. The maximum Gasteiger partial charge on any atom is 0.0512 e. The fourth-order valence-corrected chi connectivity index (χ4v) is 9.63. The molecule has 0 saturated carbocycles. The molecule has 1 aromatic carbocycles. The van der Waals surface area contributed by atoms with Gasteiger partial charge >= 0.3 is 0 Å². The van der Waals surface area contributed by atoms with E-state index in [0.717, 1.165) is 74.5 Å². The van der Waals surface area contributed by atoms with E-state index in [4.69, 9.17) is 0 Å². The van der Waals surface area contributed by atoms with Crippen LogP contribution in [0.15, 0.2) is 18.2 Å². The average Bonchev–Trinajstić information content (AvgIpc) is 3.27. The molecule has 0 unspecified atom stereocenters. The third-order valence-corrected chi connectivity index (χ3v) is 14.0. The minimum absolute atomic E-state index is 0.0909. The lowest BCUT2D eigenvalue weighted by Gasteiger charge is -2.33. The Labute approximate surface area is 372 Å². The predicted octanol–water partition coefficient (Wildman–Crippen LogP) is 13.2. The van der Waals surface area contributed by atoms with Crippen molar-refractivity contribution >= 4 is 0 Å². The summed E-state index contributed by atoms with van der Waals surface area (Å²) in [4.78, 5) is 0. The first-order chi connectivity index (χ1) is 29.3. The Bertz CT molecular complexity index is 932. The van der Waals surface area contributed by atoms with Gasteiger partial charge < -0.3 is 30.6 Å². The molecule has 0 aliphatic heterocycles. The summed E-state index contributed by atoms with van der Waals surface area (Å²) < 4.78 is 0. The molecule has 0 atom stereocenters. The predicted molar refractivity (Wildman–Crippen MR) is 257 cm³/mol. The van der Waals surface area contributed by atoms with Gasteiger partial charge in [-0.15, -0.1) is 0 Å². The molecule has 1 rings (SSSR count). The van der Waals surface area contributed by atoms with Gasteiger partial charge in [0.1, 0.15) is 0 Å². The summed E-state index contributed by atoms with van der Waals surface area (Å²) in [6, 6.07) is 6.51. The van der Waals surface area contributed by atoms with Gasteiger partial charge in [0.25, 0.3) is 0 Å². The molecule has 354 valence electrons. The molecule has 60 heavy (non-hydrogen) atoms. The van der Waals surface area contributed by atoms with Crippen molar-refractivity contribution in [1.29, 1.82) is 0 Å². The number of aliphatic hydroxyl groups excluding tert-OH is 6. The van der Waals surface area contributed by atoms with Gasteiger partial charge in [0.15, 0.2) is 0 Å². The van der Waals surface area contributed by atoms with E-state index in [2.05, 4.69) is 39.0 Å². The summed E-state index contributed by atoms with van der Waals surface area (Å²) in [6.45, 7) is 6.23. The molecular formula is C54H102O6. The number of hydrogen-bond acceptors (Lipinski definition) is 6. The lowest BCUT2D eigenvalue weighted by atomic mass is 9.74. The van der Waals surface area contributed by atoms with Crippen molar-refractivity contribution in [1.82, 2.24) is 0 Å². The zero-order valence-corrected chi connectivity index (χ0v) is 40.1. The van der Waals surface area contributed by atoms with Gasteiger partial charge in [-0.05, 0) is 55.2 Å². The van der Waals surface area contributed by atoms with Gasteiger partial charge in [0, 0.05) is 16.2 Å². The van der Waals surface area contributed by atoms with E-state index in [1.807, 2.05) is 0 Å². The van der Waals surface area contributed by atoms with Crippen molar-refractivity contribution in [3.8, 4) is 0 Å². The summed E-state index contributed by atoms with van der Waals surface area (Å²) >= 11 is 0. The van der Waals surface area contributed by atoms with Crippen LogP contribution < -0.4 is 0 Å². The van der Waals surface area contributed by atoms with Crippen LogP contribution in [0.4, 0.5) is 0 Å². The smallest absolute Gasteiger partial charge is 0.0512 e. The highest BCUT2D eigenvalue weighted by Crippen LogP contribution is 2.36. The summed E-state index contributed by atoms with van der Waals surface area (Å²) in [5.41, 5.74) is 1.18. The molecule has 0 radical (unpaired) electrons. The van der Waals surface area contributed by atoms with Crippen LogP contribution in [0.5, 0.6) is 0 Å². The molecule has 0 fully saturated rings. The molecule has 0 spiro atoms. The highest BCUT2D eigenvalue weighted by atomic mass is 16.3. The van der Waals surface area contributed by atoms with E-state index in [-0.39, 0.29) is 39.6 Å². The molecule has 0 aromatic heterocycles. The zero-order chi connectivity index (χ0) is 44.1. The summed E-state index contributed by atoms with van der Waals surface area (Å²) in [5, 5.41) is 64.8. The number of hydrogen-bond donors (Lipinski definition) is 6. The molecule has 0 amide bonds. The Morgan fingerprint density at radius 2 is 0.433 bits per heavy atom. The second-order valence-electron chi connectivity index (χ2n) is 19.9. The SMILES string of the molecule is CCCCCCCCCCCCC(CO)(CO)Cc1cc(CC(CO)(CO)CCCCCCCCCCCC)cc(CC(CO)(CO)CCCCCCCCCCCC)c1. The Hall–Kier alpha value is -1.02. The van der Waals surface area contributed by atoms with Gasteiger partial charge in [-0.3, -0.25) is 0 Å². The number of aliphatic hydroxyl groups is 6. The molecule has 6 heteroatoms. The average molecular weight is 847 g/mol. The van der Waals surface area contributed by atoms with E-state index in [1.165, 1.54) is 154 Å². The Balaban J connectivity index is 3.13.